The molecule has 35 heavy (non-hydrogen) atoms. The highest BCUT2D eigenvalue weighted by Crippen LogP contribution is 2.31. The molecular formula is C23H54O9Si3. The van der Waals surface area contributed by atoms with Gasteiger partial charge in [-0.2, -0.15) is 0 Å². The second kappa shape index (κ2) is 18.5. The van der Waals surface area contributed by atoms with Crippen LogP contribution in [0.3, 0.4) is 0 Å². The zero-order valence-corrected chi connectivity index (χ0v) is 26.4. The molecule has 0 amide bonds. The molecule has 0 bridgehead atoms. The minimum Gasteiger partial charge on any atom is -0.436 e. The molecule has 3 N–H and O–H groups in total. The second-order valence-corrected chi connectivity index (χ2v) is 22.1. The number of aliphatic hydroxyl groups excluding tert-OH is 3. The molecule has 212 valence electrons. The predicted molar refractivity (Wildman–Crippen MR) is 146 cm³/mol. The van der Waals surface area contributed by atoms with Gasteiger partial charge in [-0.3, -0.25) is 0 Å². The Bertz CT molecular complexity index is 524. The smallest absolute Gasteiger partial charge is 0.326 e. The molecule has 0 aliphatic carbocycles. The highest BCUT2D eigenvalue weighted by atomic mass is 28.5. The molecule has 0 aromatic carbocycles. The van der Waals surface area contributed by atoms with Gasteiger partial charge in [0.15, 0.2) is 8.32 Å². The van der Waals surface area contributed by atoms with Crippen LogP contribution in [0.4, 0.5) is 0 Å². The largest absolute Gasteiger partial charge is 0.436 e. The van der Waals surface area contributed by atoms with E-state index in [1.54, 1.807) is 0 Å². The minimum absolute atomic E-state index is 0.0195. The zero-order chi connectivity index (χ0) is 26.8. The summed E-state index contributed by atoms with van der Waals surface area (Å²) >= 11 is 0. The van der Waals surface area contributed by atoms with Crippen LogP contribution in [-0.4, -0.2) is 106 Å². The van der Waals surface area contributed by atoms with Crippen LogP contribution in [-0.2, 0) is 26.9 Å². The van der Waals surface area contributed by atoms with E-state index in [1.165, 1.54) is 0 Å². The fourth-order valence-corrected chi connectivity index (χ4v) is 18.4. The summed E-state index contributed by atoms with van der Waals surface area (Å²) in [5.74, 6) is 0. The van der Waals surface area contributed by atoms with Gasteiger partial charge in [-0.1, -0.05) is 0 Å². The van der Waals surface area contributed by atoms with Gasteiger partial charge in [-0.25, -0.2) is 0 Å². The lowest BCUT2D eigenvalue weighted by Gasteiger charge is -2.43. The Morgan fingerprint density at radius 3 is 1.54 bits per heavy atom. The van der Waals surface area contributed by atoms with Gasteiger partial charge in [0.1, 0.15) is 0 Å². The van der Waals surface area contributed by atoms with E-state index in [9.17, 15) is 0 Å². The third-order valence-electron chi connectivity index (χ3n) is 5.24. The third kappa shape index (κ3) is 20.0. The van der Waals surface area contributed by atoms with Crippen LogP contribution >= 0.6 is 0 Å². The molecule has 0 fully saturated rings. The van der Waals surface area contributed by atoms with Crippen LogP contribution in [0.15, 0.2) is 0 Å². The van der Waals surface area contributed by atoms with Gasteiger partial charge >= 0.3 is 17.1 Å². The van der Waals surface area contributed by atoms with Crippen molar-refractivity contribution in [3.8, 4) is 0 Å². The first-order valence-corrected chi connectivity index (χ1v) is 21.4. The maximum atomic E-state index is 8.96. The van der Waals surface area contributed by atoms with E-state index in [-0.39, 0.29) is 25.4 Å². The van der Waals surface area contributed by atoms with Crippen LogP contribution in [0, 0.1) is 0 Å². The lowest BCUT2D eigenvalue weighted by molar-refractivity contribution is 0.0386. The Hall–Kier alpha value is 0.291. The summed E-state index contributed by atoms with van der Waals surface area (Å²) in [6.45, 7) is 17.9. The highest BCUT2D eigenvalue weighted by molar-refractivity contribution is 6.86. The average Bonchev–Trinajstić information content (AvgIpc) is 2.71. The van der Waals surface area contributed by atoms with E-state index in [1.807, 2.05) is 0 Å². The molecule has 0 heterocycles. The van der Waals surface area contributed by atoms with Gasteiger partial charge in [0, 0.05) is 19.8 Å². The first-order valence-electron chi connectivity index (χ1n) is 13.0. The molecule has 9 nitrogen and oxygen atoms in total. The summed E-state index contributed by atoms with van der Waals surface area (Å²) in [6.07, 6.45) is 3.36. The van der Waals surface area contributed by atoms with Crippen LogP contribution in [0.25, 0.3) is 0 Å². The maximum Gasteiger partial charge on any atom is 0.326 e. The van der Waals surface area contributed by atoms with Gasteiger partial charge < -0.3 is 42.2 Å². The van der Waals surface area contributed by atoms with E-state index < -0.39 is 25.4 Å². The fourth-order valence-electron chi connectivity index (χ4n) is 4.21. The van der Waals surface area contributed by atoms with Crippen molar-refractivity contribution in [3.05, 3.63) is 0 Å². The normalized spacial score (nSPS) is 14.9. The van der Waals surface area contributed by atoms with Gasteiger partial charge in [-0.05, 0) is 84.4 Å². The predicted octanol–water partition coefficient (Wildman–Crippen LogP) is 3.38. The van der Waals surface area contributed by atoms with Gasteiger partial charge in [0.05, 0.1) is 45.2 Å². The summed E-state index contributed by atoms with van der Waals surface area (Å²) in [7, 11) is -7.08. The lowest BCUT2D eigenvalue weighted by Crippen LogP contribution is -2.56. The molecule has 12 heteroatoms. The van der Waals surface area contributed by atoms with Crippen molar-refractivity contribution in [2.75, 3.05) is 59.5 Å². The Morgan fingerprint density at radius 2 is 1.06 bits per heavy atom. The zero-order valence-electron chi connectivity index (χ0n) is 23.4. The molecule has 0 aliphatic rings. The van der Waals surface area contributed by atoms with Crippen molar-refractivity contribution in [3.63, 3.8) is 0 Å². The minimum atomic E-state index is -2.62. The Balaban J connectivity index is 5.11. The molecule has 0 aliphatic heterocycles. The molecule has 0 aromatic rings. The number of aliphatic hydroxyl groups is 3. The Morgan fingerprint density at radius 1 is 0.600 bits per heavy atom. The van der Waals surface area contributed by atoms with Crippen molar-refractivity contribution >= 4 is 25.4 Å². The number of hydrogen-bond acceptors (Lipinski definition) is 9. The maximum absolute atomic E-state index is 8.96. The molecular weight excluding hydrogens is 505 g/mol. The summed E-state index contributed by atoms with van der Waals surface area (Å²) in [6, 6.07) is 1.74. The van der Waals surface area contributed by atoms with Crippen LogP contribution in [0.1, 0.15) is 39.5 Å². The molecule has 1 unspecified atom stereocenters. The van der Waals surface area contributed by atoms with Crippen molar-refractivity contribution in [2.24, 2.45) is 0 Å². The topological polar surface area (TPSA) is 116 Å². The lowest BCUT2D eigenvalue weighted by atomic mass is 10.0. The van der Waals surface area contributed by atoms with E-state index in [4.69, 9.17) is 42.2 Å². The fraction of sp³-hybridized carbons (Fsp3) is 1.00. The number of hydrogen-bond donors (Lipinski definition) is 3. The van der Waals surface area contributed by atoms with Crippen molar-refractivity contribution in [2.45, 2.75) is 90.0 Å². The second-order valence-electron chi connectivity index (χ2n) is 10.7. The average molecular weight is 559 g/mol. The molecule has 0 spiro atoms. The number of ether oxygens (including phenoxy) is 3. The van der Waals surface area contributed by atoms with Gasteiger partial charge in [-0.15, -0.1) is 0 Å². The monoisotopic (exact) mass is 558 g/mol. The van der Waals surface area contributed by atoms with E-state index in [2.05, 4.69) is 46.6 Å². The summed E-state index contributed by atoms with van der Waals surface area (Å²) in [4.78, 5) is 0. The van der Waals surface area contributed by atoms with Crippen LogP contribution in [0.2, 0.25) is 44.8 Å². The Labute approximate surface area is 217 Å². The van der Waals surface area contributed by atoms with E-state index in [0.29, 0.717) is 39.6 Å². The SMILES string of the molecule is CC(C)(CCCOCCO)O[Si](C)(CCCOCCO)O[Si](C)(C)O[Si](C)(C)CCCOCCO. The quantitative estimate of drug-likeness (QED) is 0.121. The molecule has 0 saturated heterocycles. The van der Waals surface area contributed by atoms with Crippen LogP contribution in [0.5, 0.6) is 0 Å². The molecule has 0 saturated carbocycles. The van der Waals surface area contributed by atoms with E-state index in [0.717, 1.165) is 37.8 Å². The summed E-state index contributed by atoms with van der Waals surface area (Å²) < 4.78 is 36.6. The van der Waals surface area contributed by atoms with Gasteiger partial charge in [0.2, 0.25) is 0 Å². The first kappa shape index (κ1) is 35.3. The standard InChI is InChI=1S/C23H54O9Si3/c1-23(2,11-8-15-27-18-12-24)30-35(7,22-10-17-29-20-14-26)32-34(5,6)31-33(3,4)21-9-16-28-19-13-25/h24-26H,8-22H2,1-7H3. The molecule has 0 radical (unpaired) electrons. The van der Waals surface area contributed by atoms with Crippen LogP contribution < -0.4 is 0 Å². The first-order chi connectivity index (χ1) is 16.3. The molecule has 0 rings (SSSR count). The summed E-state index contributed by atoms with van der Waals surface area (Å²) in [5.41, 5.74) is -0.378. The molecule has 1 atom stereocenters. The van der Waals surface area contributed by atoms with Crippen molar-refractivity contribution in [1.82, 2.24) is 0 Å². The summed E-state index contributed by atoms with van der Waals surface area (Å²) in [5, 5.41) is 26.7. The Kier molecular flexibility index (Phi) is 18.7. The third-order valence-corrected chi connectivity index (χ3v) is 16.9. The highest BCUT2D eigenvalue weighted by Gasteiger charge is 2.45. The van der Waals surface area contributed by atoms with Crippen molar-refractivity contribution in [1.29, 1.82) is 0 Å². The number of rotatable bonds is 24. The van der Waals surface area contributed by atoms with Crippen molar-refractivity contribution < 1.29 is 42.2 Å². The molecule has 0 aromatic heterocycles. The van der Waals surface area contributed by atoms with Gasteiger partial charge in [0.25, 0.3) is 0 Å². The van der Waals surface area contributed by atoms with E-state index >= 15 is 0 Å².